The van der Waals surface area contributed by atoms with E-state index < -0.39 is 29.5 Å². The van der Waals surface area contributed by atoms with E-state index >= 15 is 0 Å². The summed E-state index contributed by atoms with van der Waals surface area (Å²) in [6.45, 7) is 5.34. The SMILES string of the molecule is Cc1ccc(-n2c(O)c(N=Nc3cccc(-c4ccc([C@@H](C)C(=O)O)cc4)c3O)c3ccc(C(F)(F)F)cc32)cc1C. The van der Waals surface area contributed by atoms with E-state index in [9.17, 15) is 33.3 Å². The summed E-state index contributed by atoms with van der Waals surface area (Å²) in [4.78, 5) is 11.3. The first kappa shape index (κ1) is 28.4. The Morgan fingerprint density at radius 2 is 1.60 bits per heavy atom. The van der Waals surface area contributed by atoms with Gasteiger partial charge in [0.25, 0.3) is 0 Å². The number of benzene rings is 4. The van der Waals surface area contributed by atoms with Gasteiger partial charge in [0.1, 0.15) is 5.69 Å². The fourth-order valence-corrected chi connectivity index (χ4v) is 4.70. The Morgan fingerprint density at radius 3 is 2.24 bits per heavy atom. The Balaban J connectivity index is 1.60. The Bertz CT molecular complexity index is 1860. The maximum Gasteiger partial charge on any atom is 0.416 e. The maximum absolute atomic E-state index is 13.6. The second-order valence-corrected chi connectivity index (χ2v) is 10.1. The van der Waals surface area contributed by atoms with Gasteiger partial charge in [0.05, 0.1) is 17.0 Å². The smallest absolute Gasteiger partial charge is 0.416 e. The summed E-state index contributed by atoms with van der Waals surface area (Å²) in [5.41, 5.74) is 3.16. The van der Waals surface area contributed by atoms with Gasteiger partial charge in [0.2, 0.25) is 5.88 Å². The van der Waals surface area contributed by atoms with Gasteiger partial charge in [-0.05, 0) is 79.4 Å². The zero-order chi connectivity index (χ0) is 30.3. The van der Waals surface area contributed by atoms with Gasteiger partial charge in [0.15, 0.2) is 11.4 Å². The third kappa shape index (κ3) is 5.18. The lowest BCUT2D eigenvalue weighted by Gasteiger charge is -2.11. The van der Waals surface area contributed by atoms with E-state index in [2.05, 4.69) is 10.2 Å². The van der Waals surface area contributed by atoms with Crippen LogP contribution in [0.4, 0.5) is 24.5 Å². The van der Waals surface area contributed by atoms with Gasteiger partial charge in [0, 0.05) is 16.6 Å². The molecule has 4 aromatic carbocycles. The van der Waals surface area contributed by atoms with Crippen LogP contribution in [-0.2, 0) is 11.0 Å². The van der Waals surface area contributed by atoms with Gasteiger partial charge < -0.3 is 15.3 Å². The standard InChI is InChI=1S/C32H26F3N3O4/c1-17-7-13-23(15-18(17)2)38-27-16-22(32(33,34)35)12-14-25(27)28(30(38)40)37-36-26-6-4-5-24(29(26)39)21-10-8-20(9-11-21)19(3)31(41)42/h4-16,19,39-40H,1-3H3,(H,41,42)/t19-/m1/s1. The molecule has 0 amide bonds. The molecule has 0 bridgehead atoms. The van der Waals surface area contributed by atoms with Gasteiger partial charge in [-0.25, -0.2) is 0 Å². The highest BCUT2D eigenvalue weighted by Crippen LogP contribution is 2.45. The van der Waals surface area contributed by atoms with E-state index in [1.54, 1.807) is 55.5 Å². The van der Waals surface area contributed by atoms with Crippen LogP contribution in [0.1, 0.15) is 35.1 Å². The number of aromatic hydroxyl groups is 2. The first-order chi connectivity index (χ1) is 19.9. The number of aromatic nitrogens is 1. The van der Waals surface area contributed by atoms with Crippen molar-refractivity contribution in [2.45, 2.75) is 32.9 Å². The van der Waals surface area contributed by atoms with Crippen molar-refractivity contribution in [1.82, 2.24) is 4.57 Å². The highest BCUT2D eigenvalue weighted by atomic mass is 19.4. The minimum absolute atomic E-state index is 0.0613. The quantitative estimate of drug-likeness (QED) is 0.176. The van der Waals surface area contributed by atoms with Crippen LogP contribution in [0.15, 0.2) is 89.1 Å². The summed E-state index contributed by atoms with van der Waals surface area (Å²) >= 11 is 0. The van der Waals surface area contributed by atoms with Gasteiger partial charge in [-0.15, -0.1) is 10.2 Å². The monoisotopic (exact) mass is 573 g/mol. The minimum Gasteiger partial charge on any atom is -0.505 e. The van der Waals surface area contributed by atoms with E-state index in [1.165, 1.54) is 16.7 Å². The predicted octanol–water partition coefficient (Wildman–Crippen LogP) is 8.95. The number of para-hydroxylation sites is 1. The summed E-state index contributed by atoms with van der Waals surface area (Å²) in [5, 5.41) is 40.0. The van der Waals surface area contributed by atoms with E-state index in [1.807, 2.05) is 19.9 Å². The molecule has 1 atom stereocenters. The fourth-order valence-electron chi connectivity index (χ4n) is 4.70. The van der Waals surface area contributed by atoms with Gasteiger partial charge in [-0.3, -0.25) is 9.36 Å². The van der Waals surface area contributed by atoms with E-state index in [0.717, 1.165) is 23.3 Å². The first-order valence-corrected chi connectivity index (χ1v) is 13.0. The van der Waals surface area contributed by atoms with Crippen LogP contribution in [0.3, 0.4) is 0 Å². The van der Waals surface area contributed by atoms with Crippen LogP contribution in [-0.4, -0.2) is 25.9 Å². The highest BCUT2D eigenvalue weighted by molar-refractivity contribution is 5.97. The fraction of sp³-hybridized carbons (Fsp3) is 0.156. The van der Waals surface area contributed by atoms with Gasteiger partial charge >= 0.3 is 12.1 Å². The topological polar surface area (TPSA) is 107 Å². The average Bonchev–Trinajstić information content (AvgIpc) is 3.23. The van der Waals surface area contributed by atoms with Gasteiger partial charge in [-0.2, -0.15) is 13.2 Å². The van der Waals surface area contributed by atoms with Crippen LogP contribution in [0.5, 0.6) is 11.6 Å². The Labute approximate surface area is 238 Å². The van der Waals surface area contributed by atoms with Crippen LogP contribution in [0.25, 0.3) is 27.7 Å². The number of azo groups is 1. The Hall–Kier alpha value is -5.12. The number of phenolic OH excluding ortho intramolecular Hbond substituents is 1. The number of nitrogens with zero attached hydrogens (tertiary/aromatic N) is 3. The molecule has 42 heavy (non-hydrogen) atoms. The molecule has 5 aromatic rings. The summed E-state index contributed by atoms with van der Waals surface area (Å²) in [6.07, 6.45) is -4.60. The summed E-state index contributed by atoms with van der Waals surface area (Å²) < 4.78 is 42.1. The maximum atomic E-state index is 13.6. The molecule has 0 fully saturated rings. The van der Waals surface area contributed by atoms with Crippen molar-refractivity contribution in [3.63, 3.8) is 0 Å². The molecule has 0 radical (unpaired) electrons. The molecule has 0 saturated carbocycles. The van der Waals surface area contributed by atoms with Crippen LogP contribution in [0.2, 0.25) is 0 Å². The lowest BCUT2D eigenvalue weighted by molar-refractivity contribution is -0.138. The summed E-state index contributed by atoms with van der Waals surface area (Å²) in [5.74, 6) is -2.27. The van der Waals surface area contributed by atoms with Crippen molar-refractivity contribution in [3.8, 4) is 28.4 Å². The second kappa shape index (κ2) is 10.7. The molecule has 3 N–H and O–H groups in total. The molecule has 0 aliphatic rings. The molecule has 0 unspecified atom stereocenters. The molecular formula is C32H26F3N3O4. The van der Waals surface area contributed by atoms with Crippen LogP contribution >= 0.6 is 0 Å². The number of fused-ring (bicyclic) bond motifs is 1. The summed E-state index contributed by atoms with van der Waals surface area (Å²) in [7, 11) is 0. The minimum atomic E-state index is -4.60. The molecule has 1 heterocycles. The molecule has 0 spiro atoms. The second-order valence-electron chi connectivity index (χ2n) is 10.1. The van der Waals surface area contributed by atoms with Crippen molar-refractivity contribution >= 4 is 28.2 Å². The largest absolute Gasteiger partial charge is 0.505 e. The van der Waals surface area contributed by atoms with E-state index in [-0.39, 0.29) is 28.0 Å². The zero-order valence-electron chi connectivity index (χ0n) is 22.8. The zero-order valence-corrected chi connectivity index (χ0v) is 22.8. The Morgan fingerprint density at radius 1 is 0.881 bits per heavy atom. The number of phenols is 1. The summed E-state index contributed by atoms with van der Waals surface area (Å²) in [6, 6.07) is 19.9. The average molecular weight is 574 g/mol. The van der Waals surface area contributed by atoms with E-state index in [4.69, 9.17) is 0 Å². The normalized spacial score (nSPS) is 12.7. The van der Waals surface area contributed by atoms with Crippen molar-refractivity contribution in [1.29, 1.82) is 0 Å². The number of hydrogen-bond donors (Lipinski definition) is 3. The van der Waals surface area contributed by atoms with E-state index in [0.29, 0.717) is 22.4 Å². The number of alkyl halides is 3. The molecule has 0 aliphatic heterocycles. The molecule has 214 valence electrons. The number of rotatable bonds is 6. The molecule has 7 nitrogen and oxygen atoms in total. The van der Waals surface area contributed by atoms with Crippen LogP contribution in [0, 0.1) is 13.8 Å². The number of carboxylic acids is 1. The lowest BCUT2D eigenvalue weighted by Crippen LogP contribution is -2.06. The molecule has 0 saturated heterocycles. The lowest BCUT2D eigenvalue weighted by atomic mass is 9.97. The molecule has 10 heteroatoms. The van der Waals surface area contributed by atoms with Crippen LogP contribution < -0.4 is 0 Å². The Kier molecular flexibility index (Phi) is 7.24. The molecule has 5 rings (SSSR count). The third-order valence-electron chi connectivity index (χ3n) is 7.36. The van der Waals surface area contributed by atoms with Crippen molar-refractivity contribution < 1.29 is 33.3 Å². The number of aliphatic carboxylic acids is 1. The predicted molar refractivity (Wildman–Crippen MR) is 153 cm³/mol. The molecule has 1 aromatic heterocycles. The number of aryl methyl sites for hydroxylation is 2. The highest BCUT2D eigenvalue weighted by Gasteiger charge is 2.32. The first-order valence-electron chi connectivity index (χ1n) is 13.0. The van der Waals surface area contributed by atoms with Crippen molar-refractivity contribution in [2.75, 3.05) is 0 Å². The number of halogens is 3. The van der Waals surface area contributed by atoms with Crippen molar-refractivity contribution in [3.05, 3.63) is 101 Å². The molecule has 0 aliphatic carbocycles. The third-order valence-corrected chi connectivity index (χ3v) is 7.36. The number of carboxylic acid groups (broad SMARTS) is 1. The van der Waals surface area contributed by atoms with Crippen molar-refractivity contribution in [2.24, 2.45) is 10.2 Å². The van der Waals surface area contributed by atoms with Gasteiger partial charge in [-0.1, -0.05) is 42.5 Å². The number of carbonyl (C=O) groups is 1. The number of hydrogen-bond acceptors (Lipinski definition) is 5. The molecular weight excluding hydrogens is 547 g/mol.